The maximum absolute atomic E-state index is 12.5. The number of hydrogen-bond acceptors (Lipinski definition) is 2. The van der Waals surface area contributed by atoms with E-state index in [1.165, 1.54) is 12.8 Å². The van der Waals surface area contributed by atoms with E-state index in [9.17, 15) is 13.2 Å². The van der Waals surface area contributed by atoms with E-state index in [2.05, 4.69) is 24.1 Å². The second kappa shape index (κ2) is 5.24. The van der Waals surface area contributed by atoms with E-state index in [4.69, 9.17) is 0 Å². The van der Waals surface area contributed by atoms with Crippen molar-refractivity contribution in [3.63, 3.8) is 0 Å². The van der Waals surface area contributed by atoms with Gasteiger partial charge in [0, 0.05) is 30.7 Å². The highest BCUT2D eigenvalue weighted by molar-refractivity contribution is 5.05. The molecule has 1 saturated carbocycles. The fraction of sp³-hybridized carbons (Fsp3) is 1.00. The van der Waals surface area contributed by atoms with Crippen molar-refractivity contribution in [3.8, 4) is 0 Å². The van der Waals surface area contributed by atoms with Gasteiger partial charge in [0.25, 0.3) is 0 Å². The maximum Gasteiger partial charge on any atom is 0.390 e. The molecule has 1 saturated heterocycles. The van der Waals surface area contributed by atoms with Crippen molar-refractivity contribution >= 4 is 0 Å². The zero-order chi connectivity index (χ0) is 14.1. The molecular weight excluding hydrogens is 253 g/mol. The summed E-state index contributed by atoms with van der Waals surface area (Å²) in [5.41, 5.74) is -0.0562. The number of halogens is 3. The van der Waals surface area contributed by atoms with E-state index in [-0.39, 0.29) is 17.6 Å². The van der Waals surface area contributed by atoms with Crippen molar-refractivity contribution < 1.29 is 13.2 Å². The van der Waals surface area contributed by atoms with Crippen LogP contribution in [0.1, 0.15) is 52.4 Å². The molecule has 1 heterocycles. The quantitative estimate of drug-likeness (QED) is 0.852. The van der Waals surface area contributed by atoms with Gasteiger partial charge >= 0.3 is 6.18 Å². The van der Waals surface area contributed by atoms with Crippen molar-refractivity contribution in [1.29, 1.82) is 0 Å². The minimum Gasteiger partial charge on any atom is -0.308 e. The summed E-state index contributed by atoms with van der Waals surface area (Å²) in [7, 11) is 0. The number of hydrogen-bond donors (Lipinski definition) is 1. The summed E-state index contributed by atoms with van der Waals surface area (Å²) >= 11 is 0. The van der Waals surface area contributed by atoms with Crippen LogP contribution in [-0.4, -0.2) is 41.8 Å². The van der Waals surface area contributed by atoms with Gasteiger partial charge in [-0.05, 0) is 26.2 Å². The average Bonchev–Trinajstić information content (AvgIpc) is 2.79. The molecule has 1 N–H and O–H groups in total. The maximum atomic E-state index is 12.5. The van der Waals surface area contributed by atoms with E-state index >= 15 is 0 Å². The molecule has 1 spiro atoms. The minimum absolute atomic E-state index is 0.0836. The summed E-state index contributed by atoms with van der Waals surface area (Å²) in [6.45, 7) is 5.86. The van der Waals surface area contributed by atoms with Crippen LogP contribution < -0.4 is 5.32 Å². The summed E-state index contributed by atoms with van der Waals surface area (Å²) < 4.78 is 37.5. The summed E-state index contributed by atoms with van der Waals surface area (Å²) in [6.07, 6.45) is 0.742. The number of nitrogens with one attached hydrogen (secondary N) is 1. The second-order valence-electron chi connectivity index (χ2n) is 6.48. The molecule has 2 aliphatic rings. The van der Waals surface area contributed by atoms with Gasteiger partial charge in [0.05, 0.1) is 6.42 Å². The van der Waals surface area contributed by atoms with Crippen LogP contribution in [-0.2, 0) is 0 Å². The van der Waals surface area contributed by atoms with Crippen LogP contribution in [0.25, 0.3) is 0 Å². The molecule has 0 amide bonds. The molecule has 2 rings (SSSR count). The van der Waals surface area contributed by atoms with Crippen LogP contribution >= 0.6 is 0 Å². The molecule has 5 heteroatoms. The first kappa shape index (κ1) is 15.1. The average molecular weight is 278 g/mol. The third-order valence-electron chi connectivity index (χ3n) is 5.09. The minimum atomic E-state index is -4.05. The van der Waals surface area contributed by atoms with Crippen molar-refractivity contribution in [2.24, 2.45) is 0 Å². The van der Waals surface area contributed by atoms with Gasteiger partial charge in [-0.25, -0.2) is 0 Å². The van der Waals surface area contributed by atoms with Crippen molar-refractivity contribution in [3.05, 3.63) is 0 Å². The van der Waals surface area contributed by atoms with Crippen LogP contribution in [0.3, 0.4) is 0 Å². The highest BCUT2D eigenvalue weighted by Gasteiger charge is 2.46. The number of alkyl halides is 3. The molecule has 1 aliphatic carbocycles. The van der Waals surface area contributed by atoms with E-state index in [0.717, 1.165) is 32.4 Å². The summed E-state index contributed by atoms with van der Waals surface area (Å²) in [6, 6.07) is 0. The molecule has 0 aromatic rings. The van der Waals surface area contributed by atoms with Crippen LogP contribution in [0.2, 0.25) is 0 Å². The zero-order valence-corrected chi connectivity index (χ0v) is 11.9. The number of nitrogens with zero attached hydrogens (tertiary/aromatic N) is 1. The van der Waals surface area contributed by atoms with Gasteiger partial charge < -0.3 is 5.32 Å². The monoisotopic (exact) mass is 278 g/mol. The lowest BCUT2D eigenvalue weighted by Gasteiger charge is -2.52. The Morgan fingerprint density at radius 1 is 1.21 bits per heavy atom. The van der Waals surface area contributed by atoms with Gasteiger partial charge in [-0.3, -0.25) is 4.90 Å². The molecule has 2 nitrogen and oxygen atoms in total. The Balaban J connectivity index is 2.04. The molecule has 0 aromatic carbocycles. The largest absolute Gasteiger partial charge is 0.390 e. The third kappa shape index (κ3) is 3.43. The predicted octanol–water partition coefficient (Wildman–Crippen LogP) is 3.33. The second-order valence-corrected chi connectivity index (χ2v) is 6.48. The van der Waals surface area contributed by atoms with Gasteiger partial charge in [-0.2, -0.15) is 13.2 Å². The van der Waals surface area contributed by atoms with E-state index in [1.54, 1.807) is 0 Å². The topological polar surface area (TPSA) is 15.3 Å². The Labute approximate surface area is 113 Å². The van der Waals surface area contributed by atoms with E-state index < -0.39 is 12.6 Å². The zero-order valence-electron chi connectivity index (χ0n) is 11.9. The van der Waals surface area contributed by atoms with Crippen molar-refractivity contribution in [2.45, 2.75) is 69.6 Å². The highest BCUT2D eigenvalue weighted by Crippen LogP contribution is 2.37. The van der Waals surface area contributed by atoms with Crippen LogP contribution in [0, 0.1) is 0 Å². The first-order valence-electron chi connectivity index (χ1n) is 7.35. The van der Waals surface area contributed by atoms with E-state index in [1.807, 2.05) is 0 Å². The summed E-state index contributed by atoms with van der Waals surface area (Å²) in [5.74, 6) is 0. The lowest BCUT2D eigenvalue weighted by atomic mass is 9.85. The first-order chi connectivity index (χ1) is 8.79. The number of piperazine rings is 1. The lowest BCUT2D eigenvalue weighted by molar-refractivity contribution is -0.143. The van der Waals surface area contributed by atoms with Gasteiger partial charge in [-0.15, -0.1) is 0 Å². The van der Waals surface area contributed by atoms with Crippen molar-refractivity contribution in [1.82, 2.24) is 10.2 Å². The molecule has 112 valence electrons. The lowest BCUT2D eigenvalue weighted by Crippen LogP contribution is -2.68. The summed E-state index contributed by atoms with van der Waals surface area (Å²) in [5, 5.41) is 3.64. The van der Waals surface area contributed by atoms with Gasteiger partial charge in [0.1, 0.15) is 0 Å². The van der Waals surface area contributed by atoms with Crippen LogP contribution in [0.4, 0.5) is 13.2 Å². The molecule has 0 radical (unpaired) electrons. The Morgan fingerprint density at radius 2 is 1.84 bits per heavy atom. The first-order valence-corrected chi connectivity index (χ1v) is 7.35. The normalized spacial score (nSPS) is 32.1. The fourth-order valence-corrected chi connectivity index (χ4v) is 3.45. The SMILES string of the molecule is CCC1(C)CNC2(CCCC2)CN1CCC(F)(F)F. The third-order valence-corrected chi connectivity index (χ3v) is 5.09. The van der Waals surface area contributed by atoms with Crippen molar-refractivity contribution in [2.75, 3.05) is 19.6 Å². The molecule has 1 unspecified atom stereocenters. The summed E-state index contributed by atoms with van der Waals surface area (Å²) in [4.78, 5) is 2.09. The van der Waals surface area contributed by atoms with Crippen LogP contribution in [0.5, 0.6) is 0 Å². The Bertz CT molecular complexity index is 310. The molecule has 1 aliphatic heterocycles. The Hall–Kier alpha value is -0.290. The highest BCUT2D eigenvalue weighted by atomic mass is 19.4. The van der Waals surface area contributed by atoms with Gasteiger partial charge in [0.2, 0.25) is 0 Å². The van der Waals surface area contributed by atoms with Crippen LogP contribution in [0.15, 0.2) is 0 Å². The smallest absolute Gasteiger partial charge is 0.308 e. The molecule has 0 aromatic heterocycles. The Kier molecular flexibility index (Phi) is 4.17. The fourth-order valence-electron chi connectivity index (χ4n) is 3.45. The molecular formula is C14H25F3N2. The molecule has 19 heavy (non-hydrogen) atoms. The standard InChI is InChI=1S/C14H25F3N2/c1-3-12(2)10-18-13(6-4-5-7-13)11-19(12)9-8-14(15,16)17/h18H,3-11H2,1-2H3. The van der Waals surface area contributed by atoms with E-state index in [0.29, 0.717) is 0 Å². The molecule has 2 fully saturated rings. The molecule has 0 bridgehead atoms. The molecule has 1 atom stereocenters. The Morgan fingerprint density at radius 3 is 2.37 bits per heavy atom. The van der Waals surface area contributed by atoms with Gasteiger partial charge in [0.15, 0.2) is 0 Å². The number of rotatable bonds is 3. The van der Waals surface area contributed by atoms with Gasteiger partial charge in [-0.1, -0.05) is 19.8 Å². The predicted molar refractivity (Wildman–Crippen MR) is 70.1 cm³/mol.